The van der Waals surface area contributed by atoms with Crippen LogP contribution in [-0.4, -0.2) is 72.2 Å². The van der Waals surface area contributed by atoms with Crippen molar-refractivity contribution < 1.29 is 14.6 Å². The molecule has 3 N–H and O–H groups in total. The molecule has 1 amide bonds. The first kappa shape index (κ1) is 20.3. The van der Waals surface area contributed by atoms with Gasteiger partial charge in [0, 0.05) is 25.8 Å². The number of likely N-dealkylation sites (N-methyl/N-ethyl adjacent to an activating group) is 1. The number of β-amino-alcohol motifs (C(OH)–C–C–N with tert-alkyl or cyclic N) is 1. The minimum atomic E-state index is -0.736. The molecule has 0 radical (unpaired) electrons. The molecule has 2 aromatic rings. The van der Waals surface area contributed by atoms with Gasteiger partial charge in [-0.05, 0) is 38.2 Å². The zero-order valence-electron chi connectivity index (χ0n) is 16.4. The molecule has 0 aliphatic carbocycles. The number of benzene rings is 1. The lowest BCUT2D eigenvalue weighted by Gasteiger charge is -2.49. The number of aromatic nitrogens is 1. The molecule has 1 aromatic carbocycles. The number of likely N-dealkylation sites (tertiary alicyclic amines) is 1. The van der Waals surface area contributed by atoms with Crippen LogP contribution in [0, 0.1) is 0 Å². The number of piperidine rings is 1. The molecule has 150 valence electrons. The Morgan fingerprint density at radius 1 is 1.32 bits per heavy atom. The topological polar surface area (TPSA) is 91.9 Å². The lowest BCUT2D eigenvalue weighted by Crippen LogP contribution is -2.60. The van der Waals surface area contributed by atoms with E-state index in [0.29, 0.717) is 31.9 Å². The van der Waals surface area contributed by atoms with Crippen molar-refractivity contribution in [3.05, 3.63) is 59.9 Å². The average molecular weight is 384 g/mol. The number of nitrogens with two attached hydrogens (primary N) is 1. The summed E-state index contributed by atoms with van der Waals surface area (Å²) in [6, 6.07) is 13.4. The molecule has 1 aliphatic heterocycles. The van der Waals surface area contributed by atoms with Crippen LogP contribution in [0.5, 0.6) is 5.75 Å². The molecule has 7 nitrogen and oxygen atoms in total. The summed E-state index contributed by atoms with van der Waals surface area (Å²) < 4.78 is 5.57. The highest BCUT2D eigenvalue weighted by atomic mass is 16.5. The van der Waals surface area contributed by atoms with Gasteiger partial charge in [0.05, 0.1) is 11.6 Å². The summed E-state index contributed by atoms with van der Waals surface area (Å²) in [6.07, 6.45) is 1.44. The van der Waals surface area contributed by atoms with E-state index in [2.05, 4.69) is 4.98 Å². The number of aliphatic hydroxyl groups is 1. The Hall–Kier alpha value is -2.48. The van der Waals surface area contributed by atoms with Gasteiger partial charge in [0.2, 0.25) is 0 Å². The van der Waals surface area contributed by atoms with Gasteiger partial charge in [0.1, 0.15) is 6.61 Å². The van der Waals surface area contributed by atoms with E-state index in [1.165, 1.54) is 0 Å². The highest BCUT2D eigenvalue weighted by Crippen LogP contribution is 2.38. The van der Waals surface area contributed by atoms with E-state index in [0.717, 1.165) is 5.56 Å². The number of pyridine rings is 1. The van der Waals surface area contributed by atoms with Crippen molar-refractivity contribution in [2.45, 2.75) is 18.1 Å². The van der Waals surface area contributed by atoms with E-state index in [9.17, 15) is 9.90 Å². The van der Waals surface area contributed by atoms with Crippen LogP contribution in [-0.2, 0) is 5.54 Å². The Labute approximate surface area is 165 Å². The van der Waals surface area contributed by atoms with Gasteiger partial charge in [0.15, 0.2) is 11.4 Å². The van der Waals surface area contributed by atoms with Crippen molar-refractivity contribution in [1.82, 2.24) is 14.8 Å². The SMILES string of the molecule is CN(C)[C@]1(c2ccccc2)CCN(C(=O)c2ncccc2OCCN)C[C@H]1O. The molecule has 0 bridgehead atoms. The smallest absolute Gasteiger partial charge is 0.276 e. The number of hydrogen-bond donors (Lipinski definition) is 2. The Kier molecular flexibility index (Phi) is 6.28. The summed E-state index contributed by atoms with van der Waals surface area (Å²) >= 11 is 0. The van der Waals surface area contributed by atoms with Gasteiger partial charge in [-0.15, -0.1) is 0 Å². The van der Waals surface area contributed by atoms with Gasteiger partial charge in [0.25, 0.3) is 5.91 Å². The zero-order chi connectivity index (χ0) is 20.1. The van der Waals surface area contributed by atoms with E-state index in [1.807, 2.05) is 49.3 Å². The van der Waals surface area contributed by atoms with Gasteiger partial charge < -0.3 is 20.5 Å². The maximum absolute atomic E-state index is 13.1. The van der Waals surface area contributed by atoms with Gasteiger partial charge in [-0.2, -0.15) is 0 Å². The van der Waals surface area contributed by atoms with Crippen LogP contribution in [0.1, 0.15) is 22.5 Å². The van der Waals surface area contributed by atoms with Crippen molar-refractivity contribution in [2.75, 3.05) is 40.3 Å². The molecule has 7 heteroatoms. The lowest BCUT2D eigenvalue weighted by molar-refractivity contribution is -0.0613. The summed E-state index contributed by atoms with van der Waals surface area (Å²) in [5.74, 6) is 0.173. The monoisotopic (exact) mass is 384 g/mol. The van der Waals surface area contributed by atoms with E-state index in [-0.39, 0.29) is 18.1 Å². The van der Waals surface area contributed by atoms with Crippen LogP contribution in [0.2, 0.25) is 0 Å². The Morgan fingerprint density at radius 2 is 2.07 bits per heavy atom. The van der Waals surface area contributed by atoms with Crippen LogP contribution >= 0.6 is 0 Å². The number of aliphatic hydroxyl groups excluding tert-OH is 1. The number of carbonyl (C=O) groups excluding carboxylic acids is 1. The predicted molar refractivity (Wildman–Crippen MR) is 107 cm³/mol. The molecular weight excluding hydrogens is 356 g/mol. The Bertz CT molecular complexity index is 799. The minimum Gasteiger partial charge on any atom is -0.490 e. The fraction of sp³-hybridized carbons (Fsp3) is 0.429. The van der Waals surface area contributed by atoms with Crippen LogP contribution in [0.4, 0.5) is 0 Å². The molecular formula is C21H28N4O3. The zero-order valence-corrected chi connectivity index (χ0v) is 16.4. The number of carbonyl (C=O) groups is 1. The quantitative estimate of drug-likeness (QED) is 0.774. The third-order valence-electron chi connectivity index (χ3n) is 5.42. The van der Waals surface area contributed by atoms with Crippen molar-refractivity contribution >= 4 is 5.91 Å². The maximum Gasteiger partial charge on any atom is 0.276 e. The summed E-state index contributed by atoms with van der Waals surface area (Å²) in [6.45, 7) is 1.40. The molecule has 0 unspecified atom stereocenters. The summed E-state index contributed by atoms with van der Waals surface area (Å²) in [7, 11) is 3.93. The van der Waals surface area contributed by atoms with Crippen molar-refractivity contribution in [3.63, 3.8) is 0 Å². The number of amides is 1. The van der Waals surface area contributed by atoms with Crippen molar-refractivity contribution in [3.8, 4) is 5.75 Å². The number of ether oxygens (including phenoxy) is 1. The van der Waals surface area contributed by atoms with E-state index in [1.54, 1.807) is 23.2 Å². The lowest BCUT2D eigenvalue weighted by atomic mass is 9.77. The molecule has 1 aliphatic rings. The van der Waals surface area contributed by atoms with Gasteiger partial charge >= 0.3 is 0 Å². The maximum atomic E-state index is 13.1. The summed E-state index contributed by atoms with van der Waals surface area (Å²) in [5, 5.41) is 11.1. The molecule has 28 heavy (non-hydrogen) atoms. The summed E-state index contributed by atoms with van der Waals surface area (Å²) in [4.78, 5) is 21.0. The molecule has 1 aromatic heterocycles. The number of nitrogens with zero attached hydrogens (tertiary/aromatic N) is 3. The van der Waals surface area contributed by atoms with E-state index in [4.69, 9.17) is 10.5 Å². The second-order valence-electron chi connectivity index (χ2n) is 7.19. The van der Waals surface area contributed by atoms with Crippen LogP contribution in [0.25, 0.3) is 0 Å². The summed E-state index contributed by atoms with van der Waals surface area (Å²) in [5.41, 5.74) is 6.25. The number of rotatable bonds is 6. The van der Waals surface area contributed by atoms with E-state index < -0.39 is 11.6 Å². The van der Waals surface area contributed by atoms with Gasteiger partial charge in [-0.3, -0.25) is 9.69 Å². The molecule has 3 rings (SSSR count). The molecule has 1 saturated heterocycles. The number of hydrogen-bond acceptors (Lipinski definition) is 6. The van der Waals surface area contributed by atoms with Crippen LogP contribution in [0.3, 0.4) is 0 Å². The van der Waals surface area contributed by atoms with Crippen LogP contribution < -0.4 is 10.5 Å². The normalized spacial score (nSPS) is 22.3. The van der Waals surface area contributed by atoms with Crippen molar-refractivity contribution in [2.24, 2.45) is 5.73 Å². The Balaban J connectivity index is 1.83. The van der Waals surface area contributed by atoms with Crippen LogP contribution in [0.15, 0.2) is 48.7 Å². The first-order chi connectivity index (χ1) is 13.5. The molecule has 1 fully saturated rings. The van der Waals surface area contributed by atoms with E-state index >= 15 is 0 Å². The Morgan fingerprint density at radius 3 is 2.71 bits per heavy atom. The largest absolute Gasteiger partial charge is 0.490 e. The molecule has 2 heterocycles. The average Bonchev–Trinajstić information content (AvgIpc) is 2.72. The highest BCUT2D eigenvalue weighted by Gasteiger charge is 2.46. The first-order valence-electron chi connectivity index (χ1n) is 9.49. The third-order valence-corrected chi connectivity index (χ3v) is 5.42. The molecule has 0 spiro atoms. The third kappa shape index (κ3) is 3.73. The fourth-order valence-corrected chi connectivity index (χ4v) is 3.94. The first-order valence-corrected chi connectivity index (χ1v) is 9.49. The molecule has 0 saturated carbocycles. The fourth-order valence-electron chi connectivity index (χ4n) is 3.94. The molecule has 2 atom stereocenters. The van der Waals surface area contributed by atoms with Gasteiger partial charge in [-0.1, -0.05) is 30.3 Å². The highest BCUT2D eigenvalue weighted by molar-refractivity contribution is 5.95. The minimum absolute atomic E-state index is 0.221. The van der Waals surface area contributed by atoms with Gasteiger partial charge in [-0.25, -0.2) is 4.98 Å². The van der Waals surface area contributed by atoms with Crippen molar-refractivity contribution in [1.29, 1.82) is 0 Å². The second-order valence-corrected chi connectivity index (χ2v) is 7.19. The predicted octanol–water partition coefficient (Wildman–Crippen LogP) is 1.08. The second kappa shape index (κ2) is 8.68. The standard InChI is InChI=1S/C21H28N4O3/c1-24(2)21(16-7-4-3-5-8-16)10-13-25(15-18(21)26)20(27)19-17(28-14-11-22)9-6-12-23-19/h3-9,12,18,26H,10-11,13-15,22H2,1-2H3/t18-,21+/m1/s1.